The smallest absolute Gasteiger partial charge is 0.142 e. The van der Waals surface area contributed by atoms with Crippen LogP contribution in [0.25, 0.3) is 5.82 Å². The number of hydrogen-bond acceptors (Lipinski definition) is 4. The van der Waals surface area contributed by atoms with Crippen molar-refractivity contribution in [2.24, 2.45) is 0 Å². The SMILES string of the molecule is CCCc1nccn1-c1cc(SC)ncn1. The highest BCUT2D eigenvalue weighted by Gasteiger charge is 2.05. The monoisotopic (exact) mass is 234 g/mol. The number of aryl methyl sites for hydroxylation is 1. The van der Waals surface area contributed by atoms with E-state index in [9.17, 15) is 0 Å². The van der Waals surface area contributed by atoms with Crippen LogP contribution < -0.4 is 0 Å². The minimum Gasteiger partial charge on any atom is -0.288 e. The molecule has 4 nitrogen and oxygen atoms in total. The molecule has 0 unspecified atom stereocenters. The van der Waals surface area contributed by atoms with Crippen LogP contribution in [-0.2, 0) is 6.42 Å². The van der Waals surface area contributed by atoms with Gasteiger partial charge in [0.25, 0.3) is 0 Å². The largest absolute Gasteiger partial charge is 0.288 e. The maximum atomic E-state index is 4.33. The van der Waals surface area contributed by atoms with Crippen LogP contribution in [0.3, 0.4) is 0 Å². The number of thioether (sulfide) groups is 1. The molecule has 84 valence electrons. The quantitative estimate of drug-likeness (QED) is 0.601. The molecule has 0 aliphatic rings. The lowest BCUT2D eigenvalue weighted by molar-refractivity contribution is 0.791. The Hall–Kier alpha value is -1.36. The number of aromatic nitrogens is 4. The molecule has 2 heterocycles. The molecule has 2 aromatic heterocycles. The summed E-state index contributed by atoms with van der Waals surface area (Å²) < 4.78 is 2.02. The predicted octanol–water partition coefficient (Wildman–Crippen LogP) is 2.34. The van der Waals surface area contributed by atoms with Gasteiger partial charge in [-0.1, -0.05) is 6.92 Å². The molecule has 0 aliphatic heterocycles. The predicted molar refractivity (Wildman–Crippen MR) is 64.9 cm³/mol. The molecule has 0 saturated carbocycles. The topological polar surface area (TPSA) is 43.6 Å². The Balaban J connectivity index is 2.37. The highest BCUT2D eigenvalue weighted by molar-refractivity contribution is 7.98. The summed E-state index contributed by atoms with van der Waals surface area (Å²) in [5.41, 5.74) is 0. The molecule has 16 heavy (non-hydrogen) atoms. The zero-order chi connectivity index (χ0) is 11.4. The van der Waals surface area contributed by atoms with Gasteiger partial charge in [-0.05, 0) is 12.7 Å². The summed E-state index contributed by atoms with van der Waals surface area (Å²) in [4.78, 5) is 12.8. The maximum Gasteiger partial charge on any atom is 0.142 e. The van der Waals surface area contributed by atoms with E-state index in [0.717, 1.165) is 29.5 Å². The van der Waals surface area contributed by atoms with Gasteiger partial charge in [0.15, 0.2) is 0 Å². The third-order valence-electron chi connectivity index (χ3n) is 2.27. The van der Waals surface area contributed by atoms with Crippen molar-refractivity contribution in [3.63, 3.8) is 0 Å². The lowest BCUT2D eigenvalue weighted by Crippen LogP contribution is -2.03. The summed E-state index contributed by atoms with van der Waals surface area (Å²) in [6.07, 6.45) is 9.40. The number of rotatable bonds is 4. The van der Waals surface area contributed by atoms with Crippen LogP contribution in [0.2, 0.25) is 0 Å². The number of imidazole rings is 1. The Morgan fingerprint density at radius 1 is 1.31 bits per heavy atom. The van der Waals surface area contributed by atoms with E-state index in [-0.39, 0.29) is 0 Å². The molecule has 2 rings (SSSR count). The maximum absolute atomic E-state index is 4.33. The zero-order valence-electron chi connectivity index (χ0n) is 9.42. The Bertz CT molecular complexity index is 467. The van der Waals surface area contributed by atoms with Gasteiger partial charge in [-0.15, -0.1) is 11.8 Å². The molecule has 2 aromatic rings. The molecule has 0 bridgehead atoms. The summed E-state index contributed by atoms with van der Waals surface area (Å²) in [5.74, 6) is 1.94. The van der Waals surface area contributed by atoms with E-state index in [2.05, 4.69) is 21.9 Å². The fraction of sp³-hybridized carbons (Fsp3) is 0.364. The van der Waals surface area contributed by atoms with Gasteiger partial charge in [0.05, 0.1) is 0 Å². The highest BCUT2D eigenvalue weighted by atomic mass is 32.2. The van der Waals surface area contributed by atoms with Crippen molar-refractivity contribution in [1.29, 1.82) is 0 Å². The first kappa shape index (κ1) is 11.1. The van der Waals surface area contributed by atoms with Crippen molar-refractivity contribution < 1.29 is 0 Å². The Labute approximate surface area is 99.1 Å². The van der Waals surface area contributed by atoms with Gasteiger partial charge >= 0.3 is 0 Å². The summed E-state index contributed by atoms with van der Waals surface area (Å²) in [7, 11) is 0. The van der Waals surface area contributed by atoms with Crippen molar-refractivity contribution in [2.45, 2.75) is 24.8 Å². The third-order valence-corrected chi connectivity index (χ3v) is 2.92. The van der Waals surface area contributed by atoms with E-state index in [1.54, 1.807) is 18.1 Å². The van der Waals surface area contributed by atoms with E-state index in [0.29, 0.717) is 0 Å². The summed E-state index contributed by atoms with van der Waals surface area (Å²) in [6, 6.07) is 1.98. The molecule has 0 aromatic carbocycles. The Kier molecular flexibility index (Phi) is 3.56. The van der Waals surface area contributed by atoms with E-state index in [1.807, 2.05) is 29.3 Å². The molecule has 0 atom stereocenters. The van der Waals surface area contributed by atoms with E-state index in [4.69, 9.17) is 0 Å². The first-order valence-electron chi connectivity index (χ1n) is 5.23. The standard InChI is InChI=1S/C11H14N4S/c1-3-4-9-12-5-6-15(9)10-7-11(16-2)14-8-13-10/h5-8H,3-4H2,1-2H3. The van der Waals surface area contributed by atoms with Crippen molar-refractivity contribution in [2.75, 3.05) is 6.26 Å². The van der Waals surface area contributed by atoms with E-state index >= 15 is 0 Å². The van der Waals surface area contributed by atoms with Gasteiger partial charge in [-0.2, -0.15) is 0 Å². The molecule has 0 aliphatic carbocycles. The van der Waals surface area contributed by atoms with Gasteiger partial charge < -0.3 is 0 Å². The molecule has 0 amide bonds. The first-order chi connectivity index (χ1) is 7.85. The molecule has 5 heteroatoms. The van der Waals surface area contributed by atoms with Crippen molar-refractivity contribution in [3.8, 4) is 5.82 Å². The normalized spacial score (nSPS) is 10.6. The van der Waals surface area contributed by atoms with E-state index < -0.39 is 0 Å². The highest BCUT2D eigenvalue weighted by Crippen LogP contribution is 2.15. The van der Waals surface area contributed by atoms with Crippen LogP contribution in [0, 0.1) is 0 Å². The van der Waals surface area contributed by atoms with Gasteiger partial charge in [-0.25, -0.2) is 15.0 Å². The van der Waals surface area contributed by atoms with Crippen LogP contribution in [-0.4, -0.2) is 25.8 Å². The number of nitrogens with zero attached hydrogens (tertiary/aromatic N) is 4. The second kappa shape index (κ2) is 5.12. The van der Waals surface area contributed by atoms with Crippen LogP contribution in [0.15, 0.2) is 29.8 Å². The lowest BCUT2D eigenvalue weighted by atomic mass is 10.3. The molecule has 0 spiro atoms. The first-order valence-corrected chi connectivity index (χ1v) is 6.46. The minimum atomic E-state index is 0.889. The fourth-order valence-corrected chi connectivity index (χ4v) is 1.90. The summed E-state index contributed by atoms with van der Waals surface area (Å²) in [6.45, 7) is 2.15. The molecular formula is C11H14N4S. The van der Waals surface area contributed by atoms with Crippen LogP contribution in [0.5, 0.6) is 0 Å². The molecule has 0 N–H and O–H groups in total. The third kappa shape index (κ3) is 2.24. The second-order valence-electron chi connectivity index (χ2n) is 3.38. The fourth-order valence-electron chi connectivity index (χ4n) is 1.52. The average Bonchev–Trinajstić information content (AvgIpc) is 2.78. The van der Waals surface area contributed by atoms with Gasteiger partial charge in [0.1, 0.15) is 23.0 Å². The van der Waals surface area contributed by atoms with Crippen molar-refractivity contribution >= 4 is 11.8 Å². The van der Waals surface area contributed by atoms with Gasteiger partial charge in [-0.3, -0.25) is 4.57 Å². The molecular weight excluding hydrogens is 220 g/mol. The average molecular weight is 234 g/mol. The van der Waals surface area contributed by atoms with Crippen LogP contribution in [0.4, 0.5) is 0 Å². The van der Waals surface area contributed by atoms with Crippen molar-refractivity contribution in [3.05, 3.63) is 30.6 Å². The Morgan fingerprint density at radius 2 is 2.19 bits per heavy atom. The molecule has 0 saturated heterocycles. The van der Waals surface area contributed by atoms with Gasteiger partial charge in [0.2, 0.25) is 0 Å². The zero-order valence-corrected chi connectivity index (χ0v) is 10.2. The minimum absolute atomic E-state index is 0.889. The van der Waals surface area contributed by atoms with E-state index in [1.165, 1.54) is 0 Å². The second-order valence-corrected chi connectivity index (χ2v) is 4.21. The molecule has 0 fully saturated rings. The summed E-state index contributed by atoms with van der Waals surface area (Å²) >= 11 is 1.61. The lowest BCUT2D eigenvalue weighted by Gasteiger charge is -2.06. The Morgan fingerprint density at radius 3 is 2.94 bits per heavy atom. The summed E-state index contributed by atoms with van der Waals surface area (Å²) in [5, 5.41) is 0.973. The number of hydrogen-bond donors (Lipinski definition) is 0. The van der Waals surface area contributed by atoms with Gasteiger partial charge in [0, 0.05) is 24.9 Å². The van der Waals surface area contributed by atoms with Crippen LogP contribution in [0.1, 0.15) is 19.2 Å². The molecule has 0 radical (unpaired) electrons. The van der Waals surface area contributed by atoms with Crippen LogP contribution >= 0.6 is 11.8 Å². The van der Waals surface area contributed by atoms with Crippen molar-refractivity contribution in [1.82, 2.24) is 19.5 Å².